The Morgan fingerprint density at radius 2 is 2.43 bits per heavy atom. The van der Waals surface area contributed by atoms with E-state index in [4.69, 9.17) is 4.74 Å². The number of aromatic amines is 1. The molecule has 3 aromatic heterocycles. The van der Waals surface area contributed by atoms with Gasteiger partial charge in [0.1, 0.15) is 5.69 Å². The molecule has 0 bridgehead atoms. The second kappa shape index (κ2) is 5.66. The van der Waals surface area contributed by atoms with E-state index in [0.717, 1.165) is 16.3 Å². The van der Waals surface area contributed by atoms with Gasteiger partial charge in [0.15, 0.2) is 4.96 Å². The summed E-state index contributed by atoms with van der Waals surface area (Å²) in [6.07, 6.45) is 3.63. The number of carbonyl (C=O) groups excluding carboxylic acids is 1. The average molecular weight is 305 g/mol. The number of nitrogens with zero attached hydrogens (tertiary/aromatic N) is 4. The Hall–Kier alpha value is -2.19. The van der Waals surface area contributed by atoms with Gasteiger partial charge in [-0.25, -0.2) is 4.98 Å². The van der Waals surface area contributed by atoms with Crippen molar-refractivity contribution in [1.82, 2.24) is 24.5 Å². The molecule has 0 aliphatic heterocycles. The van der Waals surface area contributed by atoms with Crippen LogP contribution in [-0.4, -0.2) is 44.5 Å². The highest BCUT2D eigenvalue weighted by molar-refractivity contribution is 7.15. The van der Waals surface area contributed by atoms with E-state index in [2.05, 4.69) is 15.2 Å². The maximum absolute atomic E-state index is 12.3. The van der Waals surface area contributed by atoms with Gasteiger partial charge in [-0.1, -0.05) is 0 Å². The Kier molecular flexibility index (Phi) is 3.72. The number of amides is 1. The van der Waals surface area contributed by atoms with Gasteiger partial charge in [-0.2, -0.15) is 5.10 Å². The molecule has 0 aliphatic rings. The number of ether oxygens (including phenoxy) is 1. The molecule has 3 heterocycles. The predicted molar refractivity (Wildman–Crippen MR) is 78.2 cm³/mol. The van der Waals surface area contributed by atoms with Gasteiger partial charge in [0.25, 0.3) is 5.91 Å². The smallest absolute Gasteiger partial charge is 0.274 e. The molecular formula is C13H15N5O2S. The molecule has 0 fully saturated rings. The van der Waals surface area contributed by atoms with Gasteiger partial charge in [-0.15, -0.1) is 11.3 Å². The van der Waals surface area contributed by atoms with Gasteiger partial charge < -0.3 is 9.64 Å². The minimum Gasteiger partial charge on any atom is -0.378 e. The first-order chi connectivity index (χ1) is 10.2. The fraction of sp³-hybridized carbons (Fsp3) is 0.308. The van der Waals surface area contributed by atoms with E-state index >= 15 is 0 Å². The van der Waals surface area contributed by atoms with Crippen molar-refractivity contribution < 1.29 is 9.53 Å². The van der Waals surface area contributed by atoms with Gasteiger partial charge in [0.05, 0.1) is 24.5 Å². The second-order valence-corrected chi connectivity index (χ2v) is 5.57. The molecular weight excluding hydrogens is 290 g/mol. The Morgan fingerprint density at radius 3 is 3.19 bits per heavy atom. The molecule has 1 N–H and O–H groups in total. The van der Waals surface area contributed by atoms with Crippen molar-refractivity contribution >= 4 is 22.2 Å². The van der Waals surface area contributed by atoms with Crippen LogP contribution in [0.2, 0.25) is 0 Å². The summed E-state index contributed by atoms with van der Waals surface area (Å²) in [5.74, 6) is -0.117. The van der Waals surface area contributed by atoms with Crippen LogP contribution in [0.1, 0.15) is 21.9 Å². The molecule has 21 heavy (non-hydrogen) atoms. The molecule has 0 spiro atoms. The first-order valence-corrected chi connectivity index (χ1v) is 7.25. The molecule has 3 rings (SSSR count). The lowest BCUT2D eigenvalue weighted by atomic mass is 10.3. The van der Waals surface area contributed by atoms with Crippen LogP contribution in [0.3, 0.4) is 0 Å². The molecule has 0 saturated heterocycles. The van der Waals surface area contributed by atoms with E-state index in [1.54, 1.807) is 25.3 Å². The molecule has 110 valence electrons. The number of H-pyrrole nitrogens is 1. The predicted octanol–water partition coefficient (Wildman–Crippen LogP) is 1.54. The third-order valence-electron chi connectivity index (χ3n) is 3.04. The van der Waals surface area contributed by atoms with Gasteiger partial charge >= 0.3 is 0 Å². The fourth-order valence-electron chi connectivity index (χ4n) is 2.07. The largest absolute Gasteiger partial charge is 0.378 e. The summed E-state index contributed by atoms with van der Waals surface area (Å²) in [5, 5.41) is 8.95. The molecule has 0 saturated carbocycles. The summed E-state index contributed by atoms with van der Waals surface area (Å²) in [7, 11) is 3.36. The monoisotopic (exact) mass is 305 g/mol. The highest BCUT2D eigenvalue weighted by atomic mass is 32.1. The topological polar surface area (TPSA) is 75.5 Å². The first kappa shape index (κ1) is 13.8. The summed E-state index contributed by atoms with van der Waals surface area (Å²) in [6.45, 7) is 0.895. The van der Waals surface area contributed by atoms with Crippen LogP contribution >= 0.6 is 11.3 Å². The summed E-state index contributed by atoms with van der Waals surface area (Å²) < 4.78 is 6.86. The number of nitrogens with one attached hydrogen (secondary N) is 1. The zero-order valence-electron chi connectivity index (χ0n) is 11.7. The number of hydrogen-bond donors (Lipinski definition) is 1. The van der Waals surface area contributed by atoms with E-state index in [0.29, 0.717) is 18.8 Å². The number of methoxy groups -OCH3 is 1. The zero-order chi connectivity index (χ0) is 14.8. The molecule has 1 amide bonds. The van der Waals surface area contributed by atoms with E-state index < -0.39 is 0 Å². The van der Waals surface area contributed by atoms with Gasteiger partial charge in [0, 0.05) is 31.9 Å². The lowest BCUT2D eigenvalue weighted by Crippen LogP contribution is -2.26. The van der Waals surface area contributed by atoms with Crippen LogP contribution in [0.15, 0.2) is 23.8 Å². The van der Waals surface area contributed by atoms with Crippen molar-refractivity contribution in [2.45, 2.75) is 13.2 Å². The number of hydrogen-bond acceptors (Lipinski definition) is 5. The average Bonchev–Trinajstić information content (AvgIpc) is 3.13. The summed E-state index contributed by atoms with van der Waals surface area (Å²) in [4.78, 5) is 19.1. The van der Waals surface area contributed by atoms with Crippen molar-refractivity contribution in [1.29, 1.82) is 0 Å². The SMILES string of the molecule is COCc1cc(CN(C)C(=O)c2cn3ccsc3n2)[nH]n1. The highest BCUT2D eigenvalue weighted by Gasteiger charge is 2.17. The van der Waals surface area contributed by atoms with Gasteiger partial charge in [-0.05, 0) is 6.07 Å². The molecule has 3 aromatic rings. The van der Waals surface area contributed by atoms with E-state index in [-0.39, 0.29) is 5.91 Å². The van der Waals surface area contributed by atoms with Gasteiger partial charge in [0.2, 0.25) is 0 Å². The number of thiazole rings is 1. The zero-order valence-corrected chi connectivity index (χ0v) is 12.6. The van der Waals surface area contributed by atoms with Crippen LogP contribution in [-0.2, 0) is 17.9 Å². The van der Waals surface area contributed by atoms with Crippen molar-refractivity contribution in [3.05, 3.63) is 40.9 Å². The first-order valence-electron chi connectivity index (χ1n) is 6.37. The van der Waals surface area contributed by atoms with Gasteiger partial charge in [-0.3, -0.25) is 14.3 Å². The van der Waals surface area contributed by atoms with Crippen molar-refractivity contribution in [2.75, 3.05) is 14.2 Å². The van der Waals surface area contributed by atoms with Crippen LogP contribution in [0.5, 0.6) is 0 Å². The molecule has 0 aromatic carbocycles. The minimum absolute atomic E-state index is 0.117. The molecule has 0 atom stereocenters. The number of carbonyl (C=O) groups is 1. The Balaban J connectivity index is 1.70. The number of fused-ring (bicyclic) bond motifs is 1. The standard InChI is InChI=1S/C13H15N5O2S/c1-17(6-9-5-10(8-20-2)16-15-9)12(19)11-7-18-3-4-21-13(18)14-11/h3-5,7H,6,8H2,1-2H3,(H,15,16). The maximum atomic E-state index is 12.3. The molecule has 8 heteroatoms. The van der Waals surface area contributed by atoms with E-state index in [1.165, 1.54) is 11.3 Å². The Bertz CT molecular complexity index is 731. The minimum atomic E-state index is -0.117. The van der Waals surface area contributed by atoms with Crippen LogP contribution in [0.4, 0.5) is 0 Å². The quantitative estimate of drug-likeness (QED) is 0.776. The number of aromatic nitrogens is 4. The number of imidazole rings is 1. The van der Waals surface area contributed by atoms with Crippen molar-refractivity contribution in [3.63, 3.8) is 0 Å². The van der Waals surface area contributed by atoms with Crippen molar-refractivity contribution in [3.8, 4) is 0 Å². The third-order valence-corrected chi connectivity index (χ3v) is 3.81. The lowest BCUT2D eigenvalue weighted by molar-refractivity contribution is 0.0778. The summed E-state index contributed by atoms with van der Waals surface area (Å²) in [5.41, 5.74) is 2.12. The fourth-order valence-corrected chi connectivity index (χ4v) is 2.77. The summed E-state index contributed by atoms with van der Waals surface area (Å²) >= 11 is 1.50. The van der Waals surface area contributed by atoms with E-state index in [9.17, 15) is 4.79 Å². The Labute approximate surface area is 125 Å². The maximum Gasteiger partial charge on any atom is 0.274 e. The van der Waals surface area contributed by atoms with Crippen LogP contribution in [0, 0.1) is 0 Å². The molecule has 7 nitrogen and oxygen atoms in total. The Morgan fingerprint density at radius 1 is 1.57 bits per heavy atom. The third kappa shape index (κ3) is 2.81. The van der Waals surface area contributed by atoms with Crippen LogP contribution in [0.25, 0.3) is 4.96 Å². The van der Waals surface area contributed by atoms with Crippen molar-refractivity contribution in [2.24, 2.45) is 0 Å². The number of rotatable bonds is 5. The van der Waals surface area contributed by atoms with Crippen LogP contribution < -0.4 is 0 Å². The highest BCUT2D eigenvalue weighted by Crippen LogP contribution is 2.13. The molecule has 0 radical (unpaired) electrons. The second-order valence-electron chi connectivity index (χ2n) is 4.70. The van der Waals surface area contributed by atoms with E-state index in [1.807, 2.05) is 22.0 Å². The summed E-state index contributed by atoms with van der Waals surface area (Å²) in [6, 6.07) is 1.89. The molecule has 0 unspecified atom stereocenters. The lowest BCUT2D eigenvalue weighted by Gasteiger charge is -2.14. The molecule has 0 aliphatic carbocycles. The normalized spacial score (nSPS) is 11.1.